The van der Waals surface area contributed by atoms with Crippen molar-refractivity contribution in [1.82, 2.24) is 4.98 Å². The number of hydrogen-bond acceptors (Lipinski definition) is 3. The second-order valence-electron chi connectivity index (χ2n) is 2.97. The maximum absolute atomic E-state index is 9.53. The summed E-state index contributed by atoms with van der Waals surface area (Å²) in [6.07, 6.45) is 5.60. The Bertz CT molecular complexity index is 198. The molecular formula is C9H15NOS. The third-order valence-corrected chi connectivity index (χ3v) is 2.61. The topological polar surface area (TPSA) is 33.1 Å². The molecule has 1 heterocycles. The number of nitrogens with zero attached hydrogens (tertiary/aromatic N) is 1. The van der Waals surface area contributed by atoms with E-state index in [-0.39, 0.29) is 6.10 Å². The SMILES string of the molecule is CCCCC(O)Cc1cncs1. The molecule has 2 nitrogen and oxygen atoms in total. The van der Waals surface area contributed by atoms with Crippen LogP contribution in [0.2, 0.25) is 0 Å². The van der Waals surface area contributed by atoms with Gasteiger partial charge in [-0.25, -0.2) is 0 Å². The van der Waals surface area contributed by atoms with E-state index in [1.165, 1.54) is 4.88 Å². The number of aliphatic hydroxyl groups is 1. The molecule has 0 saturated carbocycles. The van der Waals surface area contributed by atoms with E-state index in [1.54, 1.807) is 11.3 Å². The minimum atomic E-state index is -0.176. The maximum Gasteiger partial charge on any atom is 0.0794 e. The maximum atomic E-state index is 9.53. The fraction of sp³-hybridized carbons (Fsp3) is 0.667. The van der Waals surface area contributed by atoms with Gasteiger partial charge in [-0.05, 0) is 6.42 Å². The summed E-state index contributed by atoms with van der Waals surface area (Å²) in [5, 5.41) is 9.53. The van der Waals surface area contributed by atoms with E-state index < -0.39 is 0 Å². The molecule has 1 aromatic heterocycles. The summed E-state index contributed by atoms with van der Waals surface area (Å²) >= 11 is 1.61. The van der Waals surface area contributed by atoms with Gasteiger partial charge in [0.1, 0.15) is 0 Å². The molecule has 12 heavy (non-hydrogen) atoms. The smallest absolute Gasteiger partial charge is 0.0794 e. The number of aromatic nitrogens is 1. The number of aliphatic hydroxyl groups excluding tert-OH is 1. The van der Waals surface area contributed by atoms with Crippen molar-refractivity contribution < 1.29 is 5.11 Å². The molecule has 0 aliphatic carbocycles. The molecule has 0 radical (unpaired) electrons. The average Bonchev–Trinajstić information content (AvgIpc) is 2.53. The molecule has 0 bridgehead atoms. The predicted molar refractivity (Wildman–Crippen MR) is 51.3 cm³/mol. The van der Waals surface area contributed by atoms with Gasteiger partial charge in [0.2, 0.25) is 0 Å². The van der Waals surface area contributed by atoms with Crippen molar-refractivity contribution >= 4 is 11.3 Å². The summed E-state index contributed by atoms with van der Waals surface area (Å²) in [5.41, 5.74) is 1.81. The molecular weight excluding hydrogens is 170 g/mol. The molecule has 0 saturated heterocycles. The van der Waals surface area contributed by atoms with Gasteiger partial charge in [-0.15, -0.1) is 11.3 Å². The summed E-state index contributed by atoms with van der Waals surface area (Å²) in [5.74, 6) is 0. The van der Waals surface area contributed by atoms with Gasteiger partial charge in [-0.2, -0.15) is 0 Å². The summed E-state index contributed by atoms with van der Waals surface area (Å²) in [4.78, 5) is 5.14. The minimum absolute atomic E-state index is 0.176. The summed E-state index contributed by atoms with van der Waals surface area (Å²) in [6.45, 7) is 2.14. The molecule has 0 aromatic carbocycles. The number of hydrogen-bond donors (Lipinski definition) is 1. The van der Waals surface area contributed by atoms with Crippen molar-refractivity contribution in [3.8, 4) is 0 Å². The van der Waals surface area contributed by atoms with E-state index in [9.17, 15) is 5.11 Å². The fourth-order valence-corrected chi connectivity index (χ4v) is 1.78. The van der Waals surface area contributed by atoms with Gasteiger partial charge < -0.3 is 5.11 Å². The minimum Gasteiger partial charge on any atom is -0.393 e. The normalized spacial score (nSPS) is 13.2. The highest BCUT2D eigenvalue weighted by molar-refractivity contribution is 7.09. The van der Waals surface area contributed by atoms with Crippen LogP contribution in [0.3, 0.4) is 0 Å². The van der Waals surface area contributed by atoms with E-state index >= 15 is 0 Å². The average molecular weight is 185 g/mol. The van der Waals surface area contributed by atoms with Crippen molar-refractivity contribution in [3.05, 3.63) is 16.6 Å². The quantitative estimate of drug-likeness (QED) is 0.763. The van der Waals surface area contributed by atoms with Gasteiger partial charge in [0, 0.05) is 17.5 Å². The lowest BCUT2D eigenvalue weighted by Crippen LogP contribution is -2.08. The molecule has 1 atom stereocenters. The standard InChI is InChI=1S/C9H15NOS/c1-2-3-4-8(11)5-9-6-10-7-12-9/h6-8,11H,2-5H2,1H3. The second-order valence-corrected chi connectivity index (χ2v) is 3.94. The Morgan fingerprint density at radius 1 is 1.67 bits per heavy atom. The van der Waals surface area contributed by atoms with Crippen LogP contribution < -0.4 is 0 Å². The third-order valence-electron chi connectivity index (χ3n) is 1.81. The van der Waals surface area contributed by atoms with E-state index in [0.29, 0.717) is 0 Å². The zero-order chi connectivity index (χ0) is 8.81. The Kier molecular flexibility index (Phi) is 4.25. The van der Waals surface area contributed by atoms with Gasteiger partial charge in [0.15, 0.2) is 0 Å². The Hall–Kier alpha value is -0.410. The summed E-state index contributed by atoms with van der Waals surface area (Å²) in [6, 6.07) is 0. The number of thiazole rings is 1. The Morgan fingerprint density at radius 3 is 3.08 bits per heavy atom. The molecule has 0 spiro atoms. The first-order valence-electron chi connectivity index (χ1n) is 4.38. The molecule has 0 aliphatic rings. The van der Waals surface area contributed by atoms with Crippen LogP contribution in [0, 0.1) is 0 Å². The van der Waals surface area contributed by atoms with Crippen LogP contribution in [0.4, 0.5) is 0 Å². The monoisotopic (exact) mass is 185 g/mol. The van der Waals surface area contributed by atoms with Crippen LogP contribution in [-0.4, -0.2) is 16.2 Å². The van der Waals surface area contributed by atoms with E-state index in [4.69, 9.17) is 0 Å². The Balaban J connectivity index is 2.22. The molecule has 3 heteroatoms. The van der Waals surface area contributed by atoms with Crippen LogP contribution in [0.15, 0.2) is 11.7 Å². The molecule has 68 valence electrons. The van der Waals surface area contributed by atoms with Crippen molar-refractivity contribution in [2.75, 3.05) is 0 Å². The van der Waals surface area contributed by atoms with Gasteiger partial charge in [0.05, 0.1) is 11.6 Å². The molecule has 0 aliphatic heterocycles. The molecule has 0 amide bonds. The highest BCUT2D eigenvalue weighted by Crippen LogP contribution is 2.11. The molecule has 0 fully saturated rings. The zero-order valence-corrected chi connectivity index (χ0v) is 8.18. The second kappa shape index (κ2) is 5.27. The van der Waals surface area contributed by atoms with Crippen molar-refractivity contribution in [2.24, 2.45) is 0 Å². The van der Waals surface area contributed by atoms with Crippen LogP contribution in [0.25, 0.3) is 0 Å². The van der Waals surface area contributed by atoms with Crippen LogP contribution in [-0.2, 0) is 6.42 Å². The van der Waals surface area contributed by atoms with Gasteiger partial charge >= 0.3 is 0 Å². The lowest BCUT2D eigenvalue weighted by molar-refractivity contribution is 0.162. The van der Waals surface area contributed by atoms with E-state index in [2.05, 4.69) is 11.9 Å². The molecule has 1 aromatic rings. The van der Waals surface area contributed by atoms with Crippen LogP contribution in [0.5, 0.6) is 0 Å². The lowest BCUT2D eigenvalue weighted by Gasteiger charge is -2.06. The summed E-state index contributed by atoms with van der Waals surface area (Å²) in [7, 11) is 0. The first-order chi connectivity index (χ1) is 5.83. The van der Waals surface area contributed by atoms with Crippen molar-refractivity contribution in [2.45, 2.75) is 38.7 Å². The van der Waals surface area contributed by atoms with E-state index in [1.807, 2.05) is 11.7 Å². The summed E-state index contributed by atoms with van der Waals surface area (Å²) < 4.78 is 0. The zero-order valence-electron chi connectivity index (χ0n) is 7.36. The van der Waals surface area contributed by atoms with Gasteiger partial charge in [-0.1, -0.05) is 19.8 Å². The number of unbranched alkanes of at least 4 members (excludes halogenated alkanes) is 1. The highest BCUT2D eigenvalue weighted by atomic mass is 32.1. The third kappa shape index (κ3) is 3.32. The fourth-order valence-electron chi connectivity index (χ4n) is 1.12. The van der Waals surface area contributed by atoms with Crippen LogP contribution in [0.1, 0.15) is 31.1 Å². The molecule has 1 N–H and O–H groups in total. The Labute approximate surface area is 77.3 Å². The highest BCUT2D eigenvalue weighted by Gasteiger charge is 2.05. The molecule has 1 rings (SSSR count). The lowest BCUT2D eigenvalue weighted by atomic mass is 10.1. The van der Waals surface area contributed by atoms with E-state index in [0.717, 1.165) is 25.7 Å². The van der Waals surface area contributed by atoms with Gasteiger partial charge in [0.25, 0.3) is 0 Å². The van der Waals surface area contributed by atoms with Gasteiger partial charge in [-0.3, -0.25) is 4.98 Å². The van der Waals surface area contributed by atoms with Crippen molar-refractivity contribution in [1.29, 1.82) is 0 Å². The predicted octanol–water partition coefficient (Wildman–Crippen LogP) is 2.24. The Morgan fingerprint density at radius 2 is 2.50 bits per heavy atom. The van der Waals surface area contributed by atoms with Crippen molar-refractivity contribution in [3.63, 3.8) is 0 Å². The first kappa shape index (κ1) is 9.68. The van der Waals surface area contributed by atoms with Crippen LogP contribution >= 0.6 is 11.3 Å². The number of rotatable bonds is 5. The first-order valence-corrected chi connectivity index (χ1v) is 5.26. The largest absolute Gasteiger partial charge is 0.393 e. The molecule has 1 unspecified atom stereocenters.